The van der Waals surface area contributed by atoms with Crippen LogP contribution in [0.4, 0.5) is 11.8 Å². The summed E-state index contributed by atoms with van der Waals surface area (Å²) >= 11 is 0. The smallest absolute Gasteiger partial charge is 0.245 e. The SMILES string of the molecule is O=S1(=O)CCC(Nc2cnnc(NCc3ccco3)n2)C1. The Bertz CT molecular complexity index is 701. The topological polar surface area (TPSA) is 110 Å². The van der Waals surface area contributed by atoms with Crippen molar-refractivity contribution in [3.8, 4) is 0 Å². The van der Waals surface area contributed by atoms with Gasteiger partial charge >= 0.3 is 0 Å². The van der Waals surface area contributed by atoms with Crippen molar-refractivity contribution in [2.24, 2.45) is 0 Å². The van der Waals surface area contributed by atoms with E-state index in [1.807, 2.05) is 6.07 Å². The maximum absolute atomic E-state index is 11.4. The van der Waals surface area contributed by atoms with Crippen LogP contribution in [0.3, 0.4) is 0 Å². The van der Waals surface area contributed by atoms with Crippen molar-refractivity contribution in [2.45, 2.75) is 19.0 Å². The van der Waals surface area contributed by atoms with Gasteiger partial charge in [-0.1, -0.05) is 0 Å². The van der Waals surface area contributed by atoms with Crippen LogP contribution in [0.1, 0.15) is 12.2 Å². The van der Waals surface area contributed by atoms with Crippen molar-refractivity contribution in [3.63, 3.8) is 0 Å². The fraction of sp³-hybridized carbons (Fsp3) is 0.417. The molecule has 0 aromatic carbocycles. The largest absolute Gasteiger partial charge is 0.467 e. The molecule has 0 bridgehead atoms. The highest BCUT2D eigenvalue weighted by atomic mass is 32.2. The lowest BCUT2D eigenvalue weighted by molar-refractivity contribution is 0.517. The van der Waals surface area contributed by atoms with Crippen LogP contribution < -0.4 is 10.6 Å². The number of aromatic nitrogens is 3. The van der Waals surface area contributed by atoms with Crippen molar-refractivity contribution in [2.75, 3.05) is 22.1 Å². The zero-order valence-electron chi connectivity index (χ0n) is 11.2. The van der Waals surface area contributed by atoms with Crippen LogP contribution in [-0.2, 0) is 16.4 Å². The Morgan fingerprint density at radius 3 is 3.05 bits per heavy atom. The lowest BCUT2D eigenvalue weighted by Gasteiger charge is -2.11. The summed E-state index contributed by atoms with van der Waals surface area (Å²) in [5.41, 5.74) is 0. The van der Waals surface area contributed by atoms with Gasteiger partial charge in [0, 0.05) is 6.04 Å². The number of hydrogen-bond donors (Lipinski definition) is 2. The fourth-order valence-electron chi connectivity index (χ4n) is 2.15. The van der Waals surface area contributed by atoms with E-state index in [1.165, 1.54) is 6.20 Å². The van der Waals surface area contributed by atoms with Gasteiger partial charge in [-0.2, -0.15) is 10.1 Å². The normalized spacial score (nSPS) is 20.3. The summed E-state index contributed by atoms with van der Waals surface area (Å²) in [6.45, 7) is 0.454. The van der Waals surface area contributed by atoms with Crippen LogP contribution >= 0.6 is 0 Å². The number of nitrogens with zero attached hydrogens (tertiary/aromatic N) is 3. The summed E-state index contributed by atoms with van der Waals surface area (Å²) in [7, 11) is -2.92. The molecule has 0 saturated carbocycles. The monoisotopic (exact) mass is 309 g/mol. The molecule has 3 rings (SSSR count). The number of nitrogens with one attached hydrogen (secondary N) is 2. The van der Waals surface area contributed by atoms with E-state index in [2.05, 4.69) is 25.8 Å². The third kappa shape index (κ3) is 3.69. The number of rotatable bonds is 5. The molecule has 2 N–H and O–H groups in total. The molecule has 1 atom stereocenters. The number of sulfone groups is 1. The van der Waals surface area contributed by atoms with Gasteiger partial charge in [-0.25, -0.2) is 8.42 Å². The van der Waals surface area contributed by atoms with Gasteiger partial charge in [-0.15, -0.1) is 5.10 Å². The Hall–Kier alpha value is -2.16. The van der Waals surface area contributed by atoms with Crippen LogP contribution in [0.2, 0.25) is 0 Å². The van der Waals surface area contributed by atoms with E-state index >= 15 is 0 Å². The zero-order valence-corrected chi connectivity index (χ0v) is 12.0. The number of anilines is 2. The first-order chi connectivity index (χ1) is 10.1. The first-order valence-electron chi connectivity index (χ1n) is 6.54. The Kier molecular flexibility index (Phi) is 3.74. The minimum atomic E-state index is -2.92. The second kappa shape index (κ2) is 5.68. The lowest BCUT2D eigenvalue weighted by Crippen LogP contribution is -2.21. The van der Waals surface area contributed by atoms with Crippen molar-refractivity contribution in [1.29, 1.82) is 0 Å². The van der Waals surface area contributed by atoms with E-state index in [1.54, 1.807) is 12.3 Å². The van der Waals surface area contributed by atoms with Gasteiger partial charge in [0.15, 0.2) is 15.7 Å². The van der Waals surface area contributed by atoms with Crippen molar-refractivity contribution in [1.82, 2.24) is 15.2 Å². The molecule has 2 aromatic heterocycles. The molecular weight excluding hydrogens is 294 g/mol. The van der Waals surface area contributed by atoms with Crippen LogP contribution in [0, 0.1) is 0 Å². The van der Waals surface area contributed by atoms with Gasteiger partial charge in [0.05, 0.1) is 30.5 Å². The van der Waals surface area contributed by atoms with E-state index < -0.39 is 9.84 Å². The fourth-order valence-corrected chi connectivity index (χ4v) is 3.82. The van der Waals surface area contributed by atoms with E-state index in [4.69, 9.17) is 4.42 Å². The van der Waals surface area contributed by atoms with Crippen LogP contribution in [-0.4, -0.2) is 41.1 Å². The van der Waals surface area contributed by atoms with Crippen molar-refractivity contribution < 1.29 is 12.8 Å². The maximum Gasteiger partial charge on any atom is 0.245 e. The molecule has 21 heavy (non-hydrogen) atoms. The summed E-state index contributed by atoms with van der Waals surface area (Å²) in [4.78, 5) is 4.25. The van der Waals surface area contributed by atoms with Crippen molar-refractivity contribution >= 4 is 21.6 Å². The molecule has 0 aliphatic carbocycles. The molecule has 1 unspecified atom stereocenters. The minimum Gasteiger partial charge on any atom is -0.467 e. The predicted molar refractivity (Wildman–Crippen MR) is 76.5 cm³/mol. The molecule has 1 saturated heterocycles. The van der Waals surface area contributed by atoms with Crippen LogP contribution in [0.5, 0.6) is 0 Å². The third-order valence-electron chi connectivity index (χ3n) is 3.14. The summed E-state index contributed by atoms with van der Waals surface area (Å²) < 4.78 is 28.0. The summed E-state index contributed by atoms with van der Waals surface area (Å²) in [5.74, 6) is 1.98. The Balaban J connectivity index is 1.60. The van der Waals surface area contributed by atoms with Gasteiger partial charge in [0.25, 0.3) is 0 Å². The molecule has 1 aliphatic rings. The number of furan rings is 1. The standard InChI is InChI=1S/C12H15N5O3S/c18-21(19)5-3-9(8-21)15-11-7-14-17-12(16-11)13-6-10-2-1-4-20-10/h1-2,4,7,9H,3,5-6,8H2,(H2,13,15,16,17). The molecule has 1 fully saturated rings. The van der Waals surface area contributed by atoms with Gasteiger partial charge in [0.1, 0.15) is 5.76 Å². The first kappa shape index (κ1) is 13.8. The highest BCUT2D eigenvalue weighted by Gasteiger charge is 2.28. The highest BCUT2D eigenvalue weighted by Crippen LogP contribution is 2.16. The van der Waals surface area contributed by atoms with E-state index in [9.17, 15) is 8.42 Å². The average molecular weight is 309 g/mol. The Labute approximate surface area is 121 Å². The summed E-state index contributed by atoms with van der Waals surface area (Å²) in [5, 5.41) is 13.8. The first-order valence-corrected chi connectivity index (χ1v) is 8.36. The van der Waals surface area contributed by atoms with Crippen LogP contribution in [0.25, 0.3) is 0 Å². The molecule has 3 heterocycles. The van der Waals surface area contributed by atoms with Gasteiger partial charge < -0.3 is 15.1 Å². The lowest BCUT2D eigenvalue weighted by atomic mass is 10.3. The van der Waals surface area contributed by atoms with Crippen LogP contribution in [0.15, 0.2) is 29.0 Å². The highest BCUT2D eigenvalue weighted by molar-refractivity contribution is 7.91. The summed E-state index contributed by atoms with van der Waals surface area (Å²) in [6.07, 6.45) is 3.65. The molecule has 0 spiro atoms. The second-order valence-electron chi connectivity index (χ2n) is 4.84. The Morgan fingerprint density at radius 1 is 1.43 bits per heavy atom. The number of hydrogen-bond acceptors (Lipinski definition) is 8. The molecule has 112 valence electrons. The second-order valence-corrected chi connectivity index (χ2v) is 7.07. The average Bonchev–Trinajstić information content (AvgIpc) is 3.07. The van der Waals surface area contributed by atoms with E-state index in [0.717, 1.165) is 5.76 Å². The van der Waals surface area contributed by atoms with Gasteiger partial charge in [-0.3, -0.25) is 0 Å². The Morgan fingerprint density at radius 2 is 2.33 bits per heavy atom. The molecule has 8 nitrogen and oxygen atoms in total. The molecule has 2 aromatic rings. The minimum absolute atomic E-state index is 0.121. The maximum atomic E-state index is 11.4. The van der Waals surface area contributed by atoms with E-state index in [0.29, 0.717) is 24.7 Å². The molecular formula is C12H15N5O3S. The molecule has 0 amide bonds. The van der Waals surface area contributed by atoms with Gasteiger partial charge in [0.2, 0.25) is 5.95 Å². The third-order valence-corrected chi connectivity index (χ3v) is 4.91. The zero-order chi connectivity index (χ0) is 14.7. The molecule has 9 heteroatoms. The summed E-state index contributed by atoms with van der Waals surface area (Å²) in [6, 6.07) is 3.52. The van der Waals surface area contributed by atoms with Gasteiger partial charge in [-0.05, 0) is 18.6 Å². The molecule has 1 aliphatic heterocycles. The van der Waals surface area contributed by atoms with E-state index in [-0.39, 0.29) is 17.5 Å². The molecule has 0 radical (unpaired) electrons. The predicted octanol–water partition coefficient (Wildman–Crippen LogP) is 0.676. The quantitative estimate of drug-likeness (QED) is 0.829. The van der Waals surface area contributed by atoms with Crippen molar-refractivity contribution in [3.05, 3.63) is 30.4 Å².